The lowest BCUT2D eigenvalue weighted by Gasteiger charge is -2.25. The predicted octanol–water partition coefficient (Wildman–Crippen LogP) is 3.49. The summed E-state index contributed by atoms with van der Waals surface area (Å²) in [6, 6.07) is 10.6. The van der Waals surface area contributed by atoms with E-state index in [2.05, 4.69) is 16.0 Å². The van der Waals surface area contributed by atoms with Crippen LogP contribution in [0.3, 0.4) is 0 Å². The summed E-state index contributed by atoms with van der Waals surface area (Å²) in [5, 5.41) is 0.707. The van der Waals surface area contributed by atoms with Crippen LogP contribution >= 0.6 is 11.6 Å². The van der Waals surface area contributed by atoms with Crippen molar-refractivity contribution < 1.29 is 0 Å². The van der Waals surface area contributed by atoms with E-state index in [4.69, 9.17) is 17.3 Å². The average Bonchev–Trinajstić information content (AvgIpc) is 3.21. The van der Waals surface area contributed by atoms with Crippen molar-refractivity contribution in [1.82, 2.24) is 4.98 Å². The molecule has 3 nitrogen and oxygen atoms in total. The molecule has 4 heteroatoms. The zero-order valence-corrected chi connectivity index (χ0v) is 11.3. The van der Waals surface area contributed by atoms with E-state index in [0.29, 0.717) is 11.1 Å². The molecule has 2 N–H and O–H groups in total. The summed E-state index contributed by atoms with van der Waals surface area (Å²) in [6.07, 6.45) is 5.93. The molecule has 1 aromatic carbocycles. The average molecular weight is 274 g/mol. The summed E-state index contributed by atoms with van der Waals surface area (Å²) < 4.78 is 0. The normalized spacial score (nSPS) is 14.4. The number of hydrogen-bond acceptors (Lipinski definition) is 3. The highest BCUT2D eigenvalue weighted by atomic mass is 35.5. The Morgan fingerprint density at radius 3 is 2.84 bits per heavy atom. The molecule has 1 aliphatic carbocycles. The predicted molar refractivity (Wildman–Crippen MR) is 79.3 cm³/mol. The number of nitrogens with two attached hydrogens (primary N) is 1. The monoisotopic (exact) mass is 273 g/mol. The molecule has 3 rings (SSSR count). The van der Waals surface area contributed by atoms with Gasteiger partial charge in [0.25, 0.3) is 0 Å². The van der Waals surface area contributed by atoms with Crippen LogP contribution in [0.25, 0.3) is 0 Å². The summed E-state index contributed by atoms with van der Waals surface area (Å²) in [7, 11) is 0. The van der Waals surface area contributed by atoms with Crippen LogP contribution in [-0.4, -0.2) is 11.0 Å². The van der Waals surface area contributed by atoms with Crippen molar-refractivity contribution in [1.29, 1.82) is 0 Å². The Kier molecular flexibility index (Phi) is 3.30. The van der Waals surface area contributed by atoms with Crippen molar-refractivity contribution in [2.24, 2.45) is 0 Å². The number of hydrogen-bond donors (Lipinski definition) is 1. The van der Waals surface area contributed by atoms with Crippen molar-refractivity contribution in [3.05, 3.63) is 53.3 Å². The largest absolute Gasteiger partial charge is 0.399 e. The van der Waals surface area contributed by atoms with Crippen molar-refractivity contribution in [3.8, 4) is 0 Å². The summed E-state index contributed by atoms with van der Waals surface area (Å²) >= 11 is 6.26. The molecule has 0 bridgehead atoms. The first-order valence-electron chi connectivity index (χ1n) is 6.44. The second kappa shape index (κ2) is 5.10. The summed E-state index contributed by atoms with van der Waals surface area (Å²) in [5.74, 6) is 0. The van der Waals surface area contributed by atoms with Crippen molar-refractivity contribution >= 4 is 23.0 Å². The summed E-state index contributed by atoms with van der Waals surface area (Å²) in [6.45, 7) is 0.833. The van der Waals surface area contributed by atoms with Crippen LogP contribution in [0.4, 0.5) is 11.4 Å². The molecular weight excluding hydrogens is 258 g/mol. The molecule has 0 atom stereocenters. The zero-order valence-electron chi connectivity index (χ0n) is 10.6. The fourth-order valence-corrected chi connectivity index (χ4v) is 2.51. The third-order valence-corrected chi connectivity index (χ3v) is 3.64. The maximum Gasteiger partial charge on any atom is 0.0822 e. The third kappa shape index (κ3) is 2.82. The summed E-state index contributed by atoms with van der Waals surface area (Å²) in [5.41, 5.74) is 8.91. The second-order valence-corrected chi connectivity index (χ2v) is 5.34. The lowest BCUT2D eigenvalue weighted by atomic mass is 10.2. The SMILES string of the molecule is Nc1cccc(CN(c2ccncc2Cl)C2CC2)c1. The molecule has 1 aromatic heterocycles. The second-order valence-electron chi connectivity index (χ2n) is 4.93. The first kappa shape index (κ1) is 12.3. The number of aromatic nitrogens is 1. The molecule has 1 heterocycles. The van der Waals surface area contributed by atoms with Gasteiger partial charge in [0, 0.05) is 30.7 Å². The van der Waals surface area contributed by atoms with E-state index in [9.17, 15) is 0 Å². The fourth-order valence-electron chi connectivity index (χ4n) is 2.29. The van der Waals surface area contributed by atoms with Crippen molar-refractivity contribution in [3.63, 3.8) is 0 Å². The lowest BCUT2D eigenvalue weighted by molar-refractivity contribution is 0.794. The molecule has 0 spiro atoms. The molecule has 0 saturated heterocycles. The molecular formula is C15H16ClN3. The molecule has 2 aromatic rings. The number of nitrogens with zero attached hydrogens (tertiary/aromatic N) is 2. The fraction of sp³-hybridized carbons (Fsp3) is 0.267. The van der Waals surface area contributed by atoms with Crippen molar-refractivity contribution in [2.45, 2.75) is 25.4 Å². The van der Waals surface area contributed by atoms with E-state index in [1.807, 2.05) is 24.3 Å². The quantitative estimate of drug-likeness (QED) is 0.867. The van der Waals surface area contributed by atoms with Crippen molar-refractivity contribution in [2.75, 3.05) is 10.6 Å². The van der Waals surface area contributed by atoms with E-state index >= 15 is 0 Å². The Hall–Kier alpha value is -1.74. The first-order chi connectivity index (χ1) is 9.24. The van der Waals surface area contributed by atoms with Gasteiger partial charge in [-0.25, -0.2) is 0 Å². The van der Waals surface area contributed by atoms with E-state index < -0.39 is 0 Å². The van der Waals surface area contributed by atoms with Gasteiger partial charge in [0.1, 0.15) is 0 Å². The van der Waals surface area contributed by atoms with Crippen LogP contribution in [0.1, 0.15) is 18.4 Å². The van der Waals surface area contributed by atoms with Gasteiger partial charge in [-0.05, 0) is 36.6 Å². The van der Waals surface area contributed by atoms with E-state index in [1.54, 1.807) is 12.4 Å². The maximum absolute atomic E-state index is 6.26. The molecule has 1 aliphatic rings. The topological polar surface area (TPSA) is 42.1 Å². The van der Waals surface area contributed by atoms with Gasteiger partial charge in [-0.2, -0.15) is 0 Å². The van der Waals surface area contributed by atoms with Crippen LogP contribution in [0, 0.1) is 0 Å². The number of halogens is 1. The zero-order chi connectivity index (χ0) is 13.2. The Bertz CT molecular complexity index is 581. The highest BCUT2D eigenvalue weighted by Gasteiger charge is 2.30. The maximum atomic E-state index is 6.26. The van der Waals surface area contributed by atoms with Gasteiger partial charge < -0.3 is 10.6 Å². The van der Waals surface area contributed by atoms with E-state index in [0.717, 1.165) is 17.9 Å². The highest BCUT2D eigenvalue weighted by Crippen LogP contribution is 2.36. The Morgan fingerprint density at radius 2 is 2.16 bits per heavy atom. The number of pyridine rings is 1. The third-order valence-electron chi connectivity index (χ3n) is 3.35. The molecule has 0 unspecified atom stereocenters. The van der Waals surface area contributed by atoms with Gasteiger partial charge in [-0.3, -0.25) is 4.98 Å². The van der Waals surface area contributed by atoms with Gasteiger partial charge in [-0.1, -0.05) is 23.7 Å². The molecule has 0 aliphatic heterocycles. The lowest BCUT2D eigenvalue weighted by Crippen LogP contribution is -2.25. The summed E-state index contributed by atoms with van der Waals surface area (Å²) in [4.78, 5) is 6.40. The van der Waals surface area contributed by atoms with Gasteiger partial charge >= 0.3 is 0 Å². The molecule has 1 saturated carbocycles. The molecule has 1 fully saturated rings. The Balaban J connectivity index is 1.88. The number of anilines is 2. The molecule has 0 amide bonds. The van der Waals surface area contributed by atoms with Crippen LogP contribution in [0.15, 0.2) is 42.7 Å². The molecule has 0 radical (unpaired) electrons. The minimum atomic E-state index is 0.585. The van der Waals surface area contributed by atoms with E-state index in [-0.39, 0.29) is 0 Å². The number of nitrogen functional groups attached to an aromatic ring is 1. The van der Waals surface area contributed by atoms with Gasteiger partial charge in [0.2, 0.25) is 0 Å². The van der Waals surface area contributed by atoms with Crippen LogP contribution < -0.4 is 10.6 Å². The standard InChI is InChI=1S/C15H16ClN3/c16-14-9-18-7-6-15(14)19(13-4-5-13)10-11-2-1-3-12(17)8-11/h1-3,6-9,13H,4-5,10,17H2. The van der Waals surface area contributed by atoms with Crippen LogP contribution in [-0.2, 0) is 6.54 Å². The van der Waals surface area contributed by atoms with Crippen LogP contribution in [0.2, 0.25) is 5.02 Å². The number of benzene rings is 1. The Labute approximate surface area is 118 Å². The number of rotatable bonds is 4. The molecule has 19 heavy (non-hydrogen) atoms. The van der Waals surface area contributed by atoms with Crippen LogP contribution in [0.5, 0.6) is 0 Å². The highest BCUT2D eigenvalue weighted by molar-refractivity contribution is 6.33. The van der Waals surface area contributed by atoms with Gasteiger partial charge in [-0.15, -0.1) is 0 Å². The smallest absolute Gasteiger partial charge is 0.0822 e. The minimum absolute atomic E-state index is 0.585. The molecule has 98 valence electrons. The first-order valence-corrected chi connectivity index (χ1v) is 6.82. The van der Waals surface area contributed by atoms with Gasteiger partial charge in [0.05, 0.1) is 10.7 Å². The Morgan fingerprint density at radius 1 is 1.32 bits per heavy atom. The van der Waals surface area contributed by atoms with Gasteiger partial charge in [0.15, 0.2) is 0 Å². The minimum Gasteiger partial charge on any atom is -0.399 e. The van der Waals surface area contributed by atoms with E-state index in [1.165, 1.54) is 18.4 Å².